The van der Waals surface area contributed by atoms with Crippen molar-refractivity contribution in [2.75, 3.05) is 26.7 Å². The molecule has 1 rings (SSSR count). The third kappa shape index (κ3) is 9.93. The average molecular weight is 464 g/mol. The Hall–Kier alpha value is -3.10. The normalized spacial score (nSPS) is 11.8. The zero-order chi connectivity index (χ0) is 25.0. The summed E-state index contributed by atoms with van der Waals surface area (Å²) in [5.41, 5.74) is 0.994. The van der Waals surface area contributed by atoms with Crippen molar-refractivity contribution >= 4 is 23.9 Å². The third-order valence-electron chi connectivity index (χ3n) is 4.75. The summed E-state index contributed by atoms with van der Waals surface area (Å²) in [4.78, 5) is 51.3. The van der Waals surface area contributed by atoms with E-state index in [1.54, 1.807) is 32.9 Å². The Labute approximate surface area is 196 Å². The molecule has 33 heavy (non-hydrogen) atoms. The first kappa shape index (κ1) is 27.9. The number of benzene rings is 1. The van der Waals surface area contributed by atoms with Crippen LogP contribution in [0.15, 0.2) is 24.3 Å². The lowest BCUT2D eigenvalue weighted by atomic mass is 10.0. The molecule has 0 bridgehead atoms. The maximum absolute atomic E-state index is 13.1. The average Bonchev–Trinajstić information content (AvgIpc) is 2.77. The highest BCUT2D eigenvalue weighted by molar-refractivity contribution is 5.91. The number of aryl methyl sites for hydroxylation is 1. The monoisotopic (exact) mass is 463 g/mol. The summed E-state index contributed by atoms with van der Waals surface area (Å²) in [5.74, 6) is -1.54. The molecular formula is C24H37N3O6. The number of esters is 1. The number of alkyl carbamates (subject to hydrolysis) is 1. The van der Waals surface area contributed by atoms with Gasteiger partial charge in [-0.25, -0.2) is 4.79 Å². The molecule has 0 fully saturated rings. The van der Waals surface area contributed by atoms with Crippen LogP contribution in [-0.4, -0.2) is 61.1 Å². The molecule has 0 aliphatic heterocycles. The first-order valence-electron chi connectivity index (χ1n) is 11.2. The molecule has 9 heteroatoms. The second-order valence-corrected chi connectivity index (χ2v) is 8.59. The van der Waals surface area contributed by atoms with Gasteiger partial charge < -0.3 is 25.0 Å². The number of methoxy groups -OCH3 is 1. The third-order valence-corrected chi connectivity index (χ3v) is 4.75. The van der Waals surface area contributed by atoms with Crippen molar-refractivity contribution in [2.45, 2.75) is 65.5 Å². The second kappa shape index (κ2) is 13.4. The Bertz CT molecular complexity index is 801. The molecule has 1 aromatic rings. The highest BCUT2D eigenvalue weighted by Crippen LogP contribution is 2.23. The maximum atomic E-state index is 13.1. The number of hydrogen-bond donors (Lipinski definition) is 2. The van der Waals surface area contributed by atoms with Gasteiger partial charge in [0.05, 0.1) is 7.11 Å². The van der Waals surface area contributed by atoms with Crippen LogP contribution in [-0.2, 0) is 30.3 Å². The molecule has 3 amide bonds. The van der Waals surface area contributed by atoms with Crippen molar-refractivity contribution in [3.05, 3.63) is 35.4 Å². The fourth-order valence-corrected chi connectivity index (χ4v) is 3.03. The molecule has 0 aromatic heterocycles. The fraction of sp³-hybridized carbons (Fsp3) is 0.583. The van der Waals surface area contributed by atoms with Crippen molar-refractivity contribution in [3.8, 4) is 0 Å². The van der Waals surface area contributed by atoms with Gasteiger partial charge in [0.2, 0.25) is 11.8 Å². The van der Waals surface area contributed by atoms with Crippen LogP contribution >= 0.6 is 0 Å². The molecule has 0 spiro atoms. The fourth-order valence-electron chi connectivity index (χ4n) is 3.03. The van der Waals surface area contributed by atoms with E-state index in [2.05, 4.69) is 15.4 Å². The molecule has 184 valence electrons. The van der Waals surface area contributed by atoms with Crippen LogP contribution in [0.2, 0.25) is 0 Å². The SMILES string of the molecule is CCCCN(C(=O)CNC(=O)OC(C)(C)C)C(C(=O)NCC(=O)OC)c1ccc(CC)cc1. The number of nitrogens with one attached hydrogen (secondary N) is 2. The van der Waals surface area contributed by atoms with Crippen LogP contribution in [0, 0.1) is 0 Å². The highest BCUT2D eigenvalue weighted by atomic mass is 16.6. The number of carbonyl (C=O) groups is 4. The quantitative estimate of drug-likeness (QED) is 0.488. The Kier molecular flexibility index (Phi) is 11.4. The summed E-state index contributed by atoms with van der Waals surface area (Å²) < 4.78 is 9.79. The number of nitrogens with zero attached hydrogens (tertiary/aromatic N) is 1. The van der Waals surface area contributed by atoms with Gasteiger partial charge in [-0.05, 0) is 44.7 Å². The van der Waals surface area contributed by atoms with Gasteiger partial charge in [-0.2, -0.15) is 0 Å². The molecular weight excluding hydrogens is 426 g/mol. The number of ether oxygens (including phenoxy) is 2. The van der Waals surface area contributed by atoms with Gasteiger partial charge in [-0.15, -0.1) is 0 Å². The summed E-state index contributed by atoms with van der Waals surface area (Å²) in [7, 11) is 1.23. The van der Waals surface area contributed by atoms with Crippen molar-refractivity contribution in [2.24, 2.45) is 0 Å². The van der Waals surface area contributed by atoms with E-state index >= 15 is 0 Å². The van der Waals surface area contributed by atoms with Gasteiger partial charge >= 0.3 is 12.1 Å². The maximum Gasteiger partial charge on any atom is 0.408 e. The van der Waals surface area contributed by atoms with Crippen LogP contribution < -0.4 is 10.6 Å². The molecule has 0 heterocycles. The highest BCUT2D eigenvalue weighted by Gasteiger charge is 2.31. The lowest BCUT2D eigenvalue weighted by Gasteiger charge is -2.31. The molecule has 0 radical (unpaired) electrons. The van der Waals surface area contributed by atoms with E-state index in [4.69, 9.17) is 4.74 Å². The minimum Gasteiger partial charge on any atom is -0.468 e. The van der Waals surface area contributed by atoms with Crippen molar-refractivity contribution in [1.29, 1.82) is 0 Å². The molecule has 0 aliphatic carbocycles. The number of unbranched alkanes of at least 4 members (excludes halogenated alkanes) is 1. The van der Waals surface area contributed by atoms with Gasteiger partial charge in [-0.1, -0.05) is 44.5 Å². The van der Waals surface area contributed by atoms with Gasteiger partial charge in [-0.3, -0.25) is 14.4 Å². The molecule has 0 saturated carbocycles. The van der Waals surface area contributed by atoms with E-state index in [9.17, 15) is 19.2 Å². The number of rotatable bonds is 11. The van der Waals surface area contributed by atoms with Gasteiger partial charge in [0, 0.05) is 6.54 Å². The molecule has 2 N–H and O–H groups in total. The smallest absolute Gasteiger partial charge is 0.408 e. The number of carbonyl (C=O) groups excluding carboxylic acids is 4. The van der Waals surface area contributed by atoms with E-state index in [1.807, 2.05) is 26.0 Å². The summed E-state index contributed by atoms with van der Waals surface area (Å²) in [6.45, 7) is 8.84. The van der Waals surface area contributed by atoms with Crippen LogP contribution in [0.3, 0.4) is 0 Å². The van der Waals surface area contributed by atoms with Gasteiger partial charge in [0.25, 0.3) is 0 Å². The van der Waals surface area contributed by atoms with Crippen LogP contribution in [0.1, 0.15) is 64.6 Å². The van der Waals surface area contributed by atoms with Crippen molar-refractivity contribution in [3.63, 3.8) is 0 Å². The Morgan fingerprint density at radius 2 is 1.64 bits per heavy atom. The van der Waals surface area contributed by atoms with Crippen molar-refractivity contribution in [1.82, 2.24) is 15.5 Å². The Morgan fingerprint density at radius 3 is 2.15 bits per heavy atom. The topological polar surface area (TPSA) is 114 Å². The first-order chi connectivity index (χ1) is 15.5. The summed E-state index contributed by atoms with van der Waals surface area (Å²) in [5, 5.41) is 5.01. The van der Waals surface area contributed by atoms with Gasteiger partial charge in [0.15, 0.2) is 0 Å². The van der Waals surface area contributed by atoms with Crippen LogP contribution in [0.5, 0.6) is 0 Å². The lowest BCUT2D eigenvalue weighted by molar-refractivity contribution is -0.143. The Morgan fingerprint density at radius 1 is 1.00 bits per heavy atom. The standard InChI is InChI=1S/C24H37N3O6/c1-7-9-14-27(19(28)15-26-23(31)33-24(3,4)5)21(22(30)25-16-20(29)32-6)18-12-10-17(8-2)11-13-18/h10-13,21H,7-9,14-16H2,1-6H3,(H,25,30)(H,26,31). The van der Waals surface area contributed by atoms with E-state index in [0.717, 1.165) is 18.4 Å². The van der Waals surface area contributed by atoms with E-state index in [1.165, 1.54) is 12.0 Å². The van der Waals surface area contributed by atoms with Crippen molar-refractivity contribution < 1.29 is 28.7 Å². The molecule has 1 aromatic carbocycles. The largest absolute Gasteiger partial charge is 0.468 e. The second-order valence-electron chi connectivity index (χ2n) is 8.59. The predicted molar refractivity (Wildman–Crippen MR) is 124 cm³/mol. The minimum absolute atomic E-state index is 0.303. The zero-order valence-electron chi connectivity index (χ0n) is 20.5. The zero-order valence-corrected chi connectivity index (χ0v) is 20.5. The predicted octanol–water partition coefficient (Wildman–Crippen LogP) is 2.73. The number of hydrogen-bond acceptors (Lipinski definition) is 6. The van der Waals surface area contributed by atoms with Crippen LogP contribution in [0.4, 0.5) is 4.79 Å². The summed E-state index contributed by atoms with van der Waals surface area (Å²) in [6, 6.07) is 6.43. The molecule has 1 atom stereocenters. The van der Waals surface area contributed by atoms with E-state index in [0.29, 0.717) is 18.5 Å². The minimum atomic E-state index is -0.972. The summed E-state index contributed by atoms with van der Waals surface area (Å²) in [6.07, 6.45) is 1.57. The van der Waals surface area contributed by atoms with E-state index in [-0.39, 0.29) is 13.1 Å². The summed E-state index contributed by atoms with van der Waals surface area (Å²) >= 11 is 0. The van der Waals surface area contributed by atoms with E-state index < -0.39 is 35.5 Å². The lowest BCUT2D eigenvalue weighted by Crippen LogP contribution is -2.48. The molecule has 0 saturated heterocycles. The number of amides is 3. The van der Waals surface area contributed by atoms with Crippen LogP contribution in [0.25, 0.3) is 0 Å². The Balaban J connectivity index is 3.17. The molecule has 0 aliphatic rings. The molecule has 1 unspecified atom stereocenters. The molecule has 9 nitrogen and oxygen atoms in total. The van der Waals surface area contributed by atoms with Gasteiger partial charge in [0.1, 0.15) is 24.7 Å². The first-order valence-corrected chi connectivity index (χ1v) is 11.2.